The first-order valence-corrected chi connectivity index (χ1v) is 5.69. The summed E-state index contributed by atoms with van der Waals surface area (Å²) in [6, 6.07) is 4.11. The molecule has 2 aromatic heterocycles. The predicted octanol–water partition coefficient (Wildman–Crippen LogP) is 3.18. The number of nitrogens with zero attached hydrogens (tertiary/aromatic N) is 1. The summed E-state index contributed by atoms with van der Waals surface area (Å²) in [5.74, 6) is 0. The summed E-state index contributed by atoms with van der Waals surface area (Å²) in [5.41, 5.74) is 4.09. The third-order valence-electron chi connectivity index (χ3n) is 2.86. The van der Waals surface area contributed by atoms with Crippen LogP contribution in [0.1, 0.15) is 21.6 Å². The highest BCUT2D eigenvalue weighted by Gasteiger charge is 2.16. The van der Waals surface area contributed by atoms with Crippen LogP contribution in [0.3, 0.4) is 0 Å². The van der Waals surface area contributed by atoms with Crippen molar-refractivity contribution in [2.75, 3.05) is 0 Å². The molecule has 0 bridgehead atoms. The molecule has 2 nitrogen and oxygen atoms in total. The number of hydrogen-bond donors (Lipinski definition) is 0. The number of hydrogen-bond acceptors (Lipinski definition) is 2. The summed E-state index contributed by atoms with van der Waals surface area (Å²) < 4.78 is 2.09. The Hall–Kier alpha value is -1.35. The maximum absolute atomic E-state index is 11.0. The summed E-state index contributed by atoms with van der Waals surface area (Å²) in [7, 11) is 2.00. The van der Waals surface area contributed by atoms with Gasteiger partial charge in [-0.25, -0.2) is 0 Å². The van der Waals surface area contributed by atoms with Crippen molar-refractivity contribution in [3.63, 3.8) is 0 Å². The zero-order valence-corrected chi connectivity index (χ0v) is 9.89. The van der Waals surface area contributed by atoms with Gasteiger partial charge < -0.3 is 4.57 Å². The van der Waals surface area contributed by atoms with Crippen molar-refractivity contribution in [2.45, 2.75) is 13.8 Å². The Morgan fingerprint density at radius 3 is 2.60 bits per heavy atom. The molecule has 2 aromatic rings. The van der Waals surface area contributed by atoms with Gasteiger partial charge in [-0.05, 0) is 30.9 Å². The van der Waals surface area contributed by atoms with Gasteiger partial charge in [-0.1, -0.05) is 6.07 Å². The van der Waals surface area contributed by atoms with Crippen molar-refractivity contribution in [1.82, 2.24) is 4.57 Å². The van der Waals surface area contributed by atoms with Crippen molar-refractivity contribution in [1.29, 1.82) is 0 Å². The fourth-order valence-electron chi connectivity index (χ4n) is 1.94. The molecule has 0 aromatic carbocycles. The molecule has 15 heavy (non-hydrogen) atoms. The van der Waals surface area contributed by atoms with E-state index in [0.717, 1.165) is 28.8 Å². The molecule has 0 spiro atoms. The van der Waals surface area contributed by atoms with Crippen LogP contribution in [0.4, 0.5) is 0 Å². The molecule has 3 heteroatoms. The molecule has 0 aliphatic heterocycles. The van der Waals surface area contributed by atoms with E-state index in [4.69, 9.17) is 0 Å². The lowest BCUT2D eigenvalue weighted by molar-refractivity contribution is 0.112. The van der Waals surface area contributed by atoms with Gasteiger partial charge in [-0.3, -0.25) is 4.79 Å². The van der Waals surface area contributed by atoms with Gasteiger partial charge in [0.1, 0.15) is 0 Å². The van der Waals surface area contributed by atoms with Crippen LogP contribution in [-0.2, 0) is 7.05 Å². The molecule has 0 fully saturated rings. The Morgan fingerprint density at radius 2 is 2.13 bits per heavy atom. The standard InChI is InChI=1S/C12H13NOS/c1-8-10(7-14)9(2)13(3)12(8)11-5-4-6-15-11/h4-7H,1-3H3. The zero-order valence-electron chi connectivity index (χ0n) is 9.07. The zero-order chi connectivity index (χ0) is 11.0. The minimum Gasteiger partial charge on any atom is -0.346 e. The number of carbonyl (C=O) groups excluding carboxylic acids is 1. The van der Waals surface area contributed by atoms with E-state index in [1.165, 1.54) is 4.88 Å². The number of rotatable bonds is 2. The smallest absolute Gasteiger partial charge is 0.152 e. The second-order valence-corrected chi connectivity index (χ2v) is 4.57. The normalized spacial score (nSPS) is 10.6. The summed E-state index contributed by atoms with van der Waals surface area (Å²) in [6.45, 7) is 3.99. The maximum Gasteiger partial charge on any atom is 0.152 e. The van der Waals surface area contributed by atoms with Gasteiger partial charge in [-0.15, -0.1) is 11.3 Å². The Labute approximate surface area is 93.2 Å². The van der Waals surface area contributed by atoms with Crippen molar-refractivity contribution in [3.05, 3.63) is 34.3 Å². The molecular weight excluding hydrogens is 206 g/mol. The monoisotopic (exact) mass is 219 g/mol. The third-order valence-corrected chi connectivity index (χ3v) is 3.74. The SMILES string of the molecule is Cc1c(C=O)c(C)n(C)c1-c1cccs1. The lowest BCUT2D eigenvalue weighted by Crippen LogP contribution is -1.93. The lowest BCUT2D eigenvalue weighted by Gasteiger charge is -2.03. The third kappa shape index (κ3) is 1.43. The number of aromatic nitrogens is 1. The van der Waals surface area contributed by atoms with Crippen LogP contribution in [0.15, 0.2) is 17.5 Å². The molecule has 0 N–H and O–H groups in total. The molecular formula is C12H13NOS. The van der Waals surface area contributed by atoms with E-state index >= 15 is 0 Å². The molecule has 0 unspecified atom stereocenters. The average Bonchev–Trinajstić information content (AvgIpc) is 2.77. The van der Waals surface area contributed by atoms with Crippen LogP contribution in [0.25, 0.3) is 10.6 Å². The molecule has 0 saturated heterocycles. The van der Waals surface area contributed by atoms with E-state index in [2.05, 4.69) is 16.0 Å². The Kier molecular flexibility index (Phi) is 2.49. The van der Waals surface area contributed by atoms with Crippen LogP contribution in [0, 0.1) is 13.8 Å². The van der Waals surface area contributed by atoms with Crippen LogP contribution in [0.2, 0.25) is 0 Å². The fraction of sp³-hybridized carbons (Fsp3) is 0.250. The highest BCUT2D eigenvalue weighted by Crippen LogP contribution is 2.32. The van der Waals surface area contributed by atoms with Crippen molar-refractivity contribution in [2.24, 2.45) is 7.05 Å². The van der Waals surface area contributed by atoms with E-state index in [0.29, 0.717) is 0 Å². The summed E-state index contributed by atoms with van der Waals surface area (Å²) >= 11 is 1.70. The van der Waals surface area contributed by atoms with Crippen LogP contribution in [0.5, 0.6) is 0 Å². The average molecular weight is 219 g/mol. The Morgan fingerprint density at radius 1 is 1.40 bits per heavy atom. The summed E-state index contributed by atoms with van der Waals surface area (Å²) in [6.07, 6.45) is 0.946. The number of carbonyl (C=O) groups is 1. The van der Waals surface area contributed by atoms with Gasteiger partial charge in [-0.2, -0.15) is 0 Å². The van der Waals surface area contributed by atoms with Gasteiger partial charge >= 0.3 is 0 Å². The van der Waals surface area contributed by atoms with Gasteiger partial charge in [0, 0.05) is 18.3 Å². The molecule has 0 radical (unpaired) electrons. The molecule has 0 amide bonds. The summed E-state index contributed by atoms with van der Waals surface area (Å²) in [5, 5.41) is 2.05. The van der Waals surface area contributed by atoms with Gasteiger partial charge in [0.15, 0.2) is 6.29 Å². The van der Waals surface area contributed by atoms with Crippen LogP contribution < -0.4 is 0 Å². The van der Waals surface area contributed by atoms with E-state index in [1.807, 2.05) is 27.0 Å². The second-order valence-electron chi connectivity index (χ2n) is 3.63. The van der Waals surface area contributed by atoms with Gasteiger partial charge in [0.25, 0.3) is 0 Å². The highest BCUT2D eigenvalue weighted by molar-refractivity contribution is 7.13. The fourth-order valence-corrected chi connectivity index (χ4v) is 2.80. The summed E-state index contributed by atoms with van der Waals surface area (Å²) in [4.78, 5) is 12.2. The number of aldehydes is 1. The molecule has 0 atom stereocenters. The van der Waals surface area contributed by atoms with Crippen molar-refractivity contribution >= 4 is 17.6 Å². The number of thiophene rings is 1. The van der Waals surface area contributed by atoms with Gasteiger partial charge in [0.05, 0.1) is 10.6 Å². The van der Waals surface area contributed by atoms with E-state index in [1.54, 1.807) is 11.3 Å². The minimum atomic E-state index is 0.820. The first kappa shape index (κ1) is 10.2. The molecule has 78 valence electrons. The quantitative estimate of drug-likeness (QED) is 0.711. The van der Waals surface area contributed by atoms with Crippen LogP contribution >= 0.6 is 11.3 Å². The largest absolute Gasteiger partial charge is 0.346 e. The highest BCUT2D eigenvalue weighted by atomic mass is 32.1. The molecule has 2 rings (SSSR count). The van der Waals surface area contributed by atoms with Crippen LogP contribution in [-0.4, -0.2) is 10.9 Å². The topological polar surface area (TPSA) is 22.0 Å². The molecule has 0 aliphatic rings. The van der Waals surface area contributed by atoms with E-state index < -0.39 is 0 Å². The lowest BCUT2D eigenvalue weighted by atomic mass is 10.1. The minimum absolute atomic E-state index is 0.820. The van der Waals surface area contributed by atoms with Crippen molar-refractivity contribution < 1.29 is 4.79 Å². The van der Waals surface area contributed by atoms with E-state index in [-0.39, 0.29) is 0 Å². The molecule has 0 saturated carbocycles. The van der Waals surface area contributed by atoms with E-state index in [9.17, 15) is 4.79 Å². The molecule has 2 heterocycles. The Bertz CT molecular complexity index is 494. The molecule has 0 aliphatic carbocycles. The Balaban J connectivity index is 2.73. The van der Waals surface area contributed by atoms with Crippen molar-refractivity contribution in [3.8, 4) is 10.6 Å². The second kappa shape index (κ2) is 3.66. The van der Waals surface area contributed by atoms with Gasteiger partial charge in [0.2, 0.25) is 0 Å². The first-order chi connectivity index (χ1) is 7.16. The maximum atomic E-state index is 11.0. The first-order valence-electron chi connectivity index (χ1n) is 4.81. The predicted molar refractivity (Wildman–Crippen MR) is 63.6 cm³/mol.